The van der Waals surface area contributed by atoms with E-state index in [1.807, 2.05) is 19.4 Å². The number of nitrogens with zero attached hydrogens (tertiary/aromatic N) is 3. The lowest BCUT2D eigenvalue weighted by molar-refractivity contribution is -0.193. The van der Waals surface area contributed by atoms with Gasteiger partial charge in [-0.25, -0.2) is 14.6 Å². The molecular formula is C17H22F6N4O6. The molecule has 2 fully saturated rings. The van der Waals surface area contributed by atoms with E-state index in [2.05, 4.69) is 19.8 Å². The van der Waals surface area contributed by atoms with E-state index in [0.717, 1.165) is 38.3 Å². The molecule has 0 unspecified atom stereocenters. The number of aliphatic carboxylic acids is 2. The van der Waals surface area contributed by atoms with Crippen LogP contribution in [0, 0.1) is 0 Å². The minimum absolute atomic E-state index is 0.000986. The number of aryl methyl sites for hydroxylation is 1. The second-order valence-corrected chi connectivity index (χ2v) is 7.08. The first-order valence-corrected chi connectivity index (χ1v) is 9.25. The second kappa shape index (κ2) is 11.3. The molecule has 0 atom stereocenters. The number of rotatable bonds is 2. The van der Waals surface area contributed by atoms with Gasteiger partial charge < -0.3 is 24.8 Å². The third kappa shape index (κ3) is 9.65. The van der Waals surface area contributed by atoms with Crippen LogP contribution in [0.4, 0.5) is 26.3 Å². The normalized spacial score (nSPS) is 18.3. The number of ether oxygens (including phenoxy) is 1. The molecule has 0 radical (unpaired) electrons. The molecule has 1 spiro atoms. The number of morpholine rings is 1. The van der Waals surface area contributed by atoms with Crippen molar-refractivity contribution in [2.75, 3.05) is 26.2 Å². The zero-order chi connectivity index (χ0) is 25.4. The first-order chi connectivity index (χ1) is 15.1. The van der Waals surface area contributed by atoms with E-state index in [9.17, 15) is 31.1 Å². The van der Waals surface area contributed by atoms with Crippen LogP contribution in [0.1, 0.15) is 18.7 Å². The molecule has 1 aromatic rings. The first-order valence-electron chi connectivity index (χ1n) is 9.25. The van der Waals surface area contributed by atoms with E-state index in [-0.39, 0.29) is 18.1 Å². The number of hydrogen-bond donors (Lipinski definition) is 3. The van der Waals surface area contributed by atoms with Crippen molar-refractivity contribution in [2.45, 2.75) is 37.3 Å². The highest BCUT2D eigenvalue weighted by Crippen LogP contribution is 2.28. The Morgan fingerprint density at radius 1 is 1.12 bits per heavy atom. The lowest BCUT2D eigenvalue weighted by Gasteiger charge is -2.43. The lowest BCUT2D eigenvalue weighted by atomic mass is 9.90. The molecule has 2 aliphatic rings. The molecule has 0 aromatic carbocycles. The largest absolute Gasteiger partial charge is 0.490 e. The van der Waals surface area contributed by atoms with Gasteiger partial charge in [0.05, 0.1) is 12.1 Å². The number of nitrogens with one attached hydrogen (secondary N) is 1. The molecule has 16 heteroatoms. The Hall–Kier alpha value is -2.88. The number of carbonyl (C=O) groups is 3. The second-order valence-electron chi connectivity index (χ2n) is 7.08. The summed E-state index contributed by atoms with van der Waals surface area (Å²) in [4.78, 5) is 35.7. The summed E-state index contributed by atoms with van der Waals surface area (Å²) >= 11 is 0. The molecule has 10 nitrogen and oxygen atoms in total. The number of alkyl halides is 6. The topological polar surface area (TPSA) is 134 Å². The number of imidazole rings is 1. The van der Waals surface area contributed by atoms with Gasteiger partial charge in [-0.1, -0.05) is 0 Å². The summed E-state index contributed by atoms with van der Waals surface area (Å²) in [6.07, 6.45) is -4.42. The first kappa shape index (κ1) is 28.2. The van der Waals surface area contributed by atoms with Crippen molar-refractivity contribution in [3.63, 3.8) is 0 Å². The fourth-order valence-corrected chi connectivity index (χ4v) is 2.77. The highest BCUT2D eigenvalue weighted by molar-refractivity contribution is 5.78. The number of aromatic nitrogens is 2. The van der Waals surface area contributed by atoms with Crippen molar-refractivity contribution in [3.05, 3.63) is 18.2 Å². The van der Waals surface area contributed by atoms with Gasteiger partial charge >= 0.3 is 24.3 Å². The predicted molar refractivity (Wildman–Crippen MR) is 96.8 cm³/mol. The molecular weight excluding hydrogens is 470 g/mol. The maximum atomic E-state index is 11.1. The molecule has 0 aliphatic carbocycles. The van der Waals surface area contributed by atoms with Crippen molar-refractivity contribution in [1.29, 1.82) is 0 Å². The Kier molecular flexibility index (Phi) is 9.65. The molecule has 1 aromatic heterocycles. The zero-order valence-corrected chi connectivity index (χ0v) is 17.2. The molecule has 0 bridgehead atoms. The fourth-order valence-electron chi connectivity index (χ4n) is 2.77. The van der Waals surface area contributed by atoms with E-state index in [1.165, 1.54) is 0 Å². The number of amides is 1. The maximum Gasteiger partial charge on any atom is 0.490 e. The van der Waals surface area contributed by atoms with Crippen LogP contribution in [0.15, 0.2) is 12.4 Å². The smallest absolute Gasteiger partial charge is 0.475 e. The predicted octanol–water partition coefficient (Wildman–Crippen LogP) is 1.17. The highest BCUT2D eigenvalue weighted by Gasteiger charge is 2.40. The lowest BCUT2D eigenvalue weighted by Crippen LogP contribution is -2.57. The minimum Gasteiger partial charge on any atom is -0.475 e. The minimum atomic E-state index is -5.08. The molecule has 188 valence electrons. The van der Waals surface area contributed by atoms with Crippen LogP contribution in [0.5, 0.6) is 0 Å². The molecule has 3 N–H and O–H groups in total. The van der Waals surface area contributed by atoms with Crippen LogP contribution >= 0.6 is 0 Å². The van der Waals surface area contributed by atoms with Gasteiger partial charge in [0, 0.05) is 39.1 Å². The summed E-state index contributed by atoms with van der Waals surface area (Å²) in [6.45, 7) is 3.72. The van der Waals surface area contributed by atoms with Gasteiger partial charge in [-0.05, 0) is 12.8 Å². The summed E-state index contributed by atoms with van der Waals surface area (Å²) in [5.41, 5.74) is -0.133. The van der Waals surface area contributed by atoms with E-state index < -0.39 is 24.3 Å². The number of carbonyl (C=O) groups excluding carboxylic acids is 1. The van der Waals surface area contributed by atoms with E-state index in [4.69, 9.17) is 24.5 Å². The van der Waals surface area contributed by atoms with Crippen LogP contribution < -0.4 is 5.32 Å². The van der Waals surface area contributed by atoms with Crippen LogP contribution in [-0.2, 0) is 32.7 Å². The van der Waals surface area contributed by atoms with E-state index >= 15 is 0 Å². The van der Waals surface area contributed by atoms with Gasteiger partial charge in [-0.15, -0.1) is 0 Å². The van der Waals surface area contributed by atoms with Crippen LogP contribution in [0.2, 0.25) is 0 Å². The monoisotopic (exact) mass is 492 g/mol. The van der Waals surface area contributed by atoms with Crippen molar-refractivity contribution in [3.8, 4) is 0 Å². The van der Waals surface area contributed by atoms with Gasteiger partial charge in [0.25, 0.3) is 0 Å². The maximum absolute atomic E-state index is 11.1. The quantitative estimate of drug-likeness (QED) is 0.524. The van der Waals surface area contributed by atoms with Gasteiger partial charge in [0.1, 0.15) is 12.4 Å². The summed E-state index contributed by atoms with van der Waals surface area (Å²) in [5.74, 6) is -4.42. The SMILES string of the molecule is Cn1ccnc1CN1CCC2(CC1)CNC(=O)CO2.O=C(O)C(F)(F)F.O=C(O)C(F)(F)F. The molecule has 2 aliphatic heterocycles. The van der Waals surface area contributed by atoms with Gasteiger partial charge in [-0.3, -0.25) is 9.69 Å². The summed E-state index contributed by atoms with van der Waals surface area (Å²) in [5, 5.41) is 17.2. The number of piperidine rings is 1. The van der Waals surface area contributed by atoms with E-state index in [0.29, 0.717) is 6.54 Å². The number of carboxylic acids is 2. The number of carboxylic acid groups (broad SMARTS) is 2. The molecule has 3 heterocycles. The number of halogens is 6. The third-order valence-electron chi connectivity index (χ3n) is 4.66. The number of likely N-dealkylation sites (tertiary alicyclic amines) is 1. The Bertz CT molecular complexity index is 782. The van der Waals surface area contributed by atoms with Crippen LogP contribution in [0.25, 0.3) is 0 Å². The van der Waals surface area contributed by atoms with Crippen LogP contribution in [0.3, 0.4) is 0 Å². The van der Waals surface area contributed by atoms with E-state index in [1.54, 1.807) is 0 Å². The highest BCUT2D eigenvalue weighted by atomic mass is 19.4. The van der Waals surface area contributed by atoms with Crippen molar-refractivity contribution in [2.24, 2.45) is 7.05 Å². The third-order valence-corrected chi connectivity index (χ3v) is 4.66. The molecule has 1 amide bonds. The van der Waals surface area contributed by atoms with Crippen molar-refractivity contribution >= 4 is 17.8 Å². The van der Waals surface area contributed by atoms with Gasteiger partial charge in [0.2, 0.25) is 5.91 Å². The standard InChI is InChI=1S/C13H20N4O2.2C2HF3O2/c1-16-7-4-14-11(16)8-17-5-2-13(3-6-17)10-15-12(18)9-19-13;2*3-2(4,5)1(6)7/h4,7H,2-3,5-6,8-10H2,1H3,(H,15,18);2*(H,6,7). The fraction of sp³-hybridized carbons (Fsp3) is 0.647. The van der Waals surface area contributed by atoms with Gasteiger partial charge in [-0.2, -0.15) is 26.3 Å². The Morgan fingerprint density at radius 3 is 1.94 bits per heavy atom. The summed E-state index contributed by atoms with van der Waals surface area (Å²) in [6, 6.07) is 0. The Balaban J connectivity index is 0.000000324. The molecule has 2 saturated heterocycles. The molecule has 33 heavy (non-hydrogen) atoms. The van der Waals surface area contributed by atoms with Crippen molar-refractivity contribution < 1.29 is 55.7 Å². The Labute approximate surface area is 183 Å². The summed E-state index contributed by atoms with van der Waals surface area (Å²) < 4.78 is 71.3. The average Bonchev–Trinajstić information content (AvgIpc) is 3.10. The average molecular weight is 492 g/mol. The van der Waals surface area contributed by atoms with Crippen LogP contribution in [-0.4, -0.2) is 86.7 Å². The Morgan fingerprint density at radius 2 is 1.61 bits per heavy atom. The molecule has 0 saturated carbocycles. The van der Waals surface area contributed by atoms with Gasteiger partial charge in [0.15, 0.2) is 0 Å². The van der Waals surface area contributed by atoms with Crippen molar-refractivity contribution in [1.82, 2.24) is 19.8 Å². The summed E-state index contributed by atoms with van der Waals surface area (Å²) in [7, 11) is 2.02. The molecule has 3 rings (SSSR count). The zero-order valence-electron chi connectivity index (χ0n) is 17.2. The number of hydrogen-bond acceptors (Lipinski definition) is 6.